The first-order valence-corrected chi connectivity index (χ1v) is 8.81. The first-order chi connectivity index (χ1) is 10.7. The predicted octanol–water partition coefficient (Wildman–Crippen LogP) is 3.06. The zero-order valence-corrected chi connectivity index (χ0v) is 13.8. The normalized spacial score (nSPS) is 17.6. The molecule has 1 aliphatic heterocycles. The van der Waals surface area contributed by atoms with E-state index in [4.69, 9.17) is 0 Å². The minimum Gasteiger partial charge on any atom is -0.393 e. The topological polar surface area (TPSA) is 49.2 Å². The van der Waals surface area contributed by atoms with E-state index in [-0.39, 0.29) is 6.10 Å². The molecule has 0 saturated carbocycles. The summed E-state index contributed by atoms with van der Waals surface area (Å²) in [6.07, 6.45) is 3.69. The second-order valence-electron chi connectivity index (χ2n) is 6.02. The maximum Gasteiger partial charge on any atom is 0.208 e. The van der Waals surface area contributed by atoms with E-state index in [9.17, 15) is 5.11 Å². The Labute approximate surface area is 135 Å². The fourth-order valence-corrected chi connectivity index (χ4v) is 3.82. The van der Waals surface area contributed by atoms with E-state index in [1.54, 1.807) is 11.3 Å². The molecule has 0 aliphatic carbocycles. The molecule has 2 aromatic rings. The number of nitrogens with zero attached hydrogens (tertiary/aromatic N) is 3. The summed E-state index contributed by atoms with van der Waals surface area (Å²) >= 11 is 1.65. The highest BCUT2D eigenvalue weighted by atomic mass is 32.1. The summed E-state index contributed by atoms with van der Waals surface area (Å²) in [6, 6.07) is 10.4. The largest absolute Gasteiger partial charge is 0.393 e. The van der Waals surface area contributed by atoms with Crippen LogP contribution in [0.2, 0.25) is 0 Å². The van der Waals surface area contributed by atoms with Crippen molar-refractivity contribution in [1.29, 1.82) is 0 Å². The third-order valence-electron chi connectivity index (χ3n) is 4.44. The van der Waals surface area contributed by atoms with Gasteiger partial charge in [-0.2, -0.15) is 0 Å². The number of rotatable bonds is 5. The molecule has 1 fully saturated rings. The van der Waals surface area contributed by atoms with Crippen LogP contribution in [-0.2, 0) is 6.42 Å². The van der Waals surface area contributed by atoms with Crippen molar-refractivity contribution < 1.29 is 5.11 Å². The molecule has 1 aliphatic rings. The van der Waals surface area contributed by atoms with Crippen LogP contribution < -0.4 is 4.90 Å². The lowest BCUT2D eigenvalue weighted by molar-refractivity contribution is 0.0850. The zero-order chi connectivity index (χ0) is 15.4. The van der Waals surface area contributed by atoms with Crippen LogP contribution in [0.3, 0.4) is 0 Å². The van der Waals surface area contributed by atoms with Crippen molar-refractivity contribution in [3.8, 4) is 0 Å². The molecule has 4 nitrogen and oxygen atoms in total. The van der Waals surface area contributed by atoms with Crippen molar-refractivity contribution >= 4 is 16.5 Å². The van der Waals surface area contributed by atoms with E-state index in [2.05, 4.69) is 39.4 Å². The Hall–Kier alpha value is -1.46. The van der Waals surface area contributed by atoms with Gasteiger partial charge in [0.1, 0.15) is 5.01 Å². The minimum absolute atomic E-state index is 0.196. The highest BCUT2D eigenvalue weighted by molar-refractivity contribution is 7.15. The molecule has 1 aromatic carbocycles. The van der Waals surface area contributed by atoms with Crippen LogP contribution in [0.5, 0.6) is 0 Å². The second kappa shape index (κ2) is 7.20. The lowest BCUT2D eigenvalue weighted by Gasteiger charge is -2.33. The molecular weight excluding hydrogens is 294 g/mol. The van der Waals surface area contributed by atoms with Gasteiger partial charge >= 0.3 is 0 Å². The van der Waals surface area contributed by atoms with Gasteiger partial charge in [0.25, 0.3) is 0 Å². The van der Waals surface area contributed by atoms with Gasteiger partial charge in [0.15, 0.2) is 0 Å². The maximum absolute atomic E-state index is 10.5. The number of hydrogen-bond donors (Lipinski definition) is 1. The summed E-state index contributed by atoms with van der Waals surface area (Å²) in [5.41, 5.74) is 1.31. The van der Waals surface area contributed by atoms with Crippen molar-refractivity contribution in [3.05, 3.63) is 40.9 Å². The van der Waals surface area contributed by atoms with E-state index in [0.29, 0.717) is 5.92 Å². The predicted molar refractivity (Wildman–Crippen MR) is 90.4 cm³/mol. The SMILES string of the molecule is Cc1nnc(N2CCC(C(O)CCc3ccccc3)CC2)s1. The lowest BCUT2D eigenvalue weighted by Crippen LogP contribution is -2.38. The third-order valence-corrected chi connectivity index (χ3v) is 5.34. The Kier molecular flexibility index (Phi) is 5.05. The van der Waals surface area contributed by atoms with Gasteiger partial charge in [-0.3, -0.25) is 0 Å². The molecule has 0 spiro atoms. The van der Waals surface area contributed by atoms with Gasteiger partial charge in [0.05, 0.1) is 6.10 Å². The average Bonchev–Trinajstić information content (AvgIpc) is 3.00. The molecule has 1 unspecified atom stereocenters. The van der Waals surface area contributed by atoms with Crippen LogP contribution in [0.1, 0.15) is 29.8 Å². The molecular formula is C17H23N3OS. The van der Waals surface area contributed by atoms with Gasteiger partial charge in [0.2, 0.25) is 5.13 Å². The Morgan fingerprint density at radius 1 is 1.23 bits per heavy atom. The summed E-state index contributed by atoms with van der Waals surface area (Å²) < 4.78 is 0. The molecule has 1 aromatic heterocycles. The van der Waals surface area contributed by atoms with Crippen LogP contribution in [-0.4, -0.2) is 34.5 Å². The first-order valence-electron chi connectivity index (χ1n) is 7.99. The summed E-state index contributed by atoms with van der Waals surface area (Å²) in [5.74, 6) is 0.411. The standard InChI is InChI=1S/C17H23N3OS/c1-13-18-19-17(22-13)20-11-9-15(10-12-20)16(21)8-7-14-5-3-2-4-6-14/h2-6,15-16,21H,7-12H2,1H3. The molecule has 1 atom stereocenters. The van der Waals surface area contributed by atoms with E-state index >= 15 is 0 Å². The van der Waals surface area contributed by atoms with E-state index < -0.39 is 0 Å². The van der Waals surface area contributed by atoms with E-state index in [1.165, 1.54) is 5.56 Å². The van der Waals surface area contributed by atoms with Crippen molar-refractivity contribution in [1.82, 2.24) is 10.2 Å². The van der Waals surface area contributed by atoms with Gasteiger partial charge in [-0.1, -0.05) is 41.7 Å². The lowest BCUT2D eigenvalue weighted by atomic mass is 9.88. The number of hydrogen-bond acceptors (Lipinski definition) is 5. The monoisotopic (exact) mass is 317 g/mol. The molecule has 118 valence electrons. The van der Waals surface area contributed by atoms with Crippen LogP contribution in [0.25, 0.3) is 0 Å². The van der Waals surface area contributed by atoms with E-state index in [0.717, 1.165) is 48.9 Å². The molecule has 1 saturated heterocycles. The van der Waals surface area contributed by atoms with Gasteiger partial charge in [-0.05, 0) is 44.1 Å². The highest BCUT2D eigenvalue weighted by Gasteiger charge is 2.26. The van der Waals surface area contributed by atoms with Gasteiger partial charge in [-0.25, -0.2) is 0 Å². The zero-order valence-electron chi connectivity index (χ0n) is 13.0. The molecule has 1 N–H and O–H groups in total. The molecule has 2 heterocycles. The van der Waals surface area contributed by atoms with Gasteiger partial charge < -0.3 is 10.0 Å². The Balaban J connectivity index is 1.46. The Morgan fingerprint density at radius 3 is 2.59 bits per heavy atom. The van der Waals surface area contributed by atoms with Gasteiger partial charge in [-0.15, -0.1) is 10.2 Å². The third kappa shape index (κ3) is 3.84. The van der Waals surface area contributed by atoms with Gasteiger partial charge in [0, 0.05) is 13.1 Å². The average molecular weight is 317 g/mol. The second-order valence-corrected chi connectivity index (χ2v) is 7.18. The van der Waals surface area contributed by atoms with E-state index in [1.807, 2.05) is 13.0 Å². The number of piperidine rings is 1. The Bertz CT molecular complexity index is 579. The van der Waals surface area contributed by atoms with Crippen LogP contribution >= 0.6 is 11.3 Å². The number of aliphatic hydroxyl groups excluding tert-OH is 1. The summed E-state index contributed by atoms with van der Waals surface area (Å²) in [7, 11) is 0. The quantitative estimate of drug-likeness (QED) is 0.921. The molecule has 22 heavy (non-hydrogen) atoms. The smallest absolute Gasteiger partial charge is 0.208 e. The Morgan fingerprint density at radius 2 is 1.95 bits per heavy atom. The number of anilines is 1. The molecule has 0 bridgehead atoms. The molecule has 5 heteroatoms. The molecule has 3 rings (SSSR count). The minimum atomic E-state index is -0.196. The molecule has 0 amide bonds. The number of aliphatic hydroxyl groups is 1. The summed E-state index contributed by atoms with van der Waals surface area (Å²) in [4.78, 5) is 2.30. The van der Waals surface area contributed by atoms with Crippen molar-refractivity contribution in [2.24, 2.45) is 5.92 Å². The van der Waals surface area contributed by atoms with Crippen LogP contribution in [0.4, 0.5) is 5.13 Å². The van der Waals surface area contributed by atoms with Crippen molar-refractivity contribution in [2.75, 3.05) is 18.0 Å². The van der Waals surface area contributed by atoms with Crippen molar-refractivity contribution in [3.63, 3.8) is 0 Å². The molecule has 0 radical (unpaired) electrons. The van der Waals surface area contributed by atoms with Crippen LogP contribution in [0, 0.1) is 12.8 Å². The van der Waals surface area contributed by atoms with Crippen LogP contribution in [0.15, 0.2) is 30.3 Å². The fraction of sp³-hybridized carbons (Fsp3) is 0.529. The summed E-state index contributed by atoms with van der Waals surface area (Å²) in [6.45, 7) is 3.94. The summed E-state index contributed by atoms with van der Waals surface area (Å²) in [5, 5.41) is 20.8. The number of aryl methyl sites for hydroxylation is 2. The maximum atomic E-state index is 10.5. The first kappa shape index (κ1) is 15.4. The number of aromatic nitrogens is 2. The highest BCUT2D eigenvalue weighted by Crippen LogP contribution is 2.28. The van der Waals surface area contributed by atoms with Crippen molar-refractivity contribution in [2.45, 2.75) is 38.7 Å². The number of benzene rings is 1. The fourth-order valence-electron chi connectivity index (χ4n) is 3.08.